The van der Waals surface area contributed by atoms with E-state index >= 15 is 0 Å². The van der Waals surface area contributed by atoms with Crippen molar-refractivity contribution in [2.45, 2.75) is 37.4 Å². The SMILES string of the molecule is N#CC1(NC(=O)CNC(=O)OCC(F)(F)F)CCCC1. The Morgan fingerprint density at radius 1 is 1.30 bits per heavy atom. The Morgan fingerprint density at radius 3 is 2.40 bits per heavy atom. The van der Waals surface area contributed by atoms with Crippen LogP contribution in [0.4, 0.5) is 18.0 Å². The Kier molecular flexibility index (Phi) is 5.19. The Bertz CT molecular complexity index is 411. The predicted octanol–water partition coefficient (Wildman–Crippen LogP) is 1.23. The van der Waals surface area contributed by atoms with E-state index in [-0.39, 0.29) is 0 Å². The van der Waals surface area contributed by atoms with Crippen LogP contribution in [0.3, 0.4) is 0 Å². The second-order valence-corrected chi connectivity index (χ2v) is 4.49. The summed E-state index contributed by atoms with van der Waals surface area (Å²) in [4.78, 5) is 22.4. The van der Waals surface area contributed by atoms with Gasteiger partial charge in [-0.3, -0.25) is 4.79 Å². The summed E-state index contributed by atoms with van der Waals surface area (Å²) in [7, 11) is 0. The maximum Gasteiger partial charge on any atom is 0.422 e. The van der Waals surface area contributed by atoms with Gasteiger partial charge in [-0.25, -0.2) is 4.79 Å². The van der Waals surface area contributed by atoms with Crippen LogP contribution in [0.5, 0.6) is 0 Å². The Labute approximate surface area is 113 Å². The first kappa shape index (κ1) is 16.1. The minimum Gasteiger partial charge on any atom is -0.440 e. The lowest BCUT2D eigenvalue weighted by molar-refractivity contribution is -0.160. The highest BCUT2D eigenvalue weighted by molar-refractivity contribution is 5.83. The molecule has 112 valence electrons. The highest BCUT2D eigenvalue weighted by Gasteiger charge is 2.35. The third kappa shape index (κ3) is 5.34. The van der Waals surface area contributed by atoms with Gasteiger partial charge in [0.1, 0.15) is 12.1 Å². The van der Waals surface area contributed by atoms with Gasteiger partial charge in [0.05, 0.1) is 6.07 Å². The van der Waals surface area contributed by atoms with Crippen molar-refractivity contribution in [3.05, 3.63) is 0 Å². The number of halogens is 3. The van der Waals surface area contributed by atoms with Gasteiger partial charge in [-0.1, -0.05) is 0 Å². The summed E-state index contributed by atoms with van der Waals surface area (Å²) in [6, 6.07) is 2.02. The number of carbonyl (C=O) groups excluding carboxylic acids is 2. The monoisotopic (exact) mass is 293 g/mol. The number of alkyl carbamates (subject to hydrolysis) is 1. The zero-order valence-corrected chi connectivity index (χ0v) is 10.5. The predicted molar refractivity (Wildman–Crippen MR) is 60.4 cm³/mol. The van der Waals surface area contributed by atoms with Gasteiger partial charge in [-0.15, -0.1) is 0 Å². The number of nitrogens with one attached hydrogen (secondary N) is 2. The van der Waals surface area contributed by atoms with Crippen LogP contribution < -0.4 is 10.6 Å². The molecule has 1 saturated carbocycles. The summed E-state index contributed by atoms with van der Waals surface area (Å²) in [5.74, 6) is -0.641. The average Bonchev–Trinajstić information content (AvgIpc) is 2.82. The first-order valence-electron chi connectivity index (χ1n) is 5.96. The number of ether oxygens (including phenoxy) is 1. The van der Waals surface area contributed by atoms with E-state index in [1.165, 1.54) is 0 Å². The molecule has 1 rings (SSSR count). The topological polar surface area (TPSA) is 91.2 Å². The molecule has 0 spiro atoms. The smallest absolute Gasteiger partial charge is 0.422 e. The molecule has 0 aromatic rings. The van der Waals surface area contributed by atoms with E-state index in [1.54, 1.807) is 0 Å². The first-order chi connectivity index (χ1) is 9.26. The van der Waals surface area contributed by atoms with Gasteiger partial charge in [0.25, 0.3) is 0 Å². The molecule has 2 N–H and O–H groups in total. The number of hydrogen-bond donors (Lipinski definition) is 2. The fourth-order valence-corrected chi connectivity index (χ4v) is 1.91. The van der Waals surface area contributed by atoms with Crippen LogP contribution in [-0.2, 0) is 9.53 Å². The number of carbonyl (C=O) groups is 2. The van der Waals surface area contributed by atoms with Crippen LogP contribution in [0, 0.1) is 11.3 Å². The van der Waals surface area contributed by atoms with Crippen LogP contribution in [0.1, 0.15) is 25.7 Å². The van der Waals surface area contributed by atoms with Crippen molar-refractivity contribution in [2.24, 2.45) is 0 Å². The van der Waals surface area contributed by atoms with Gasteiger partial charge in [0.2, 0.25) is 5.91 Å². The number of hydrogen-bond acceptors (Lipinski definition) is 4. The molecule has 0 unspecified atom stereocenters. The molecule has 2 amide bonds. The molecule has 1 aliphatic rings. The largest absolute Gasteiger partial charge is 0.440 e. The summed E-state index contributed by atoms with van der Waals surface area (Å²) in [5.41, 5.74) is -0.936. The molecule has 0 saturated heterocycles. The molecule has 0 aromatic carbocycles. The summed E-state index contributed by atoms with van der Waals surface area (Å²) in [6.07, 6.45) is -3.28. The summed E-state index contributed by atoms with van der Waals surface area (Å²) >= 11 is 0. The minimum absolute atomic E-state index is 0.522. The molecule has 1 fully saturated rings. The summed E-state index contributed by atoms with van der Waals surface area (Å²) in [5, 5.41) is 13.4. The maximum atomic E-state index is 11.8. The van der Waals surface area contributed by atoms with E-state index in [0.717, 1.165) is 12.8 Å². The van der Waals surface area contributed by atoms with Crippen LogP contribution in [0.2, 0.25) is 0 Å². The van der Waals surface area contributed by atoms with E-state index in [9.17, 15) is 22.8 Å². The number of alkyl halides is 3. The number of amides is 2. The van der Waals surface area contributed by atoms with Crippen LogP contribution >= 0.6 is 0 Å². The lowest BCUT2D eigenvalue weighted by Crippen LogP contribution is -2.49. The molecule has 20 heavy (non-hydrogen) atoms. The van der Waals surface area contributed by atoms with Gasteiger partial charge in [-0.2, -0.15) is 18.4 Å². The molecule has 0 radical (unpaired) electrons. The molecule has 0 bridgehead atoms. The standard InChI is InChI=1S/C11H14F3N3O3/c12-11(13,14)7-20-9(19)16-5-8(18)17-10(6-15)3-1-2-4-10/h1-5,7H2,(H,16,19)(H,17,18). The van der Waals surface area contributed by atoms with E-state index in [4.69, 9.17) is 5.26 Å². The number of rotatable bonds is 4. The molecule has 0 aliphatic heterocycles. The fraction of sp³-hybridized carbons (Fsp3) is 0.727. The van der Waals surface area contributed by atoms with E-state index in [1.807, 2.05) is 11.4 Å². The zero-order chi connectivity index (χ0) is 15.2. The molecule has 0 atom stereocenters. The second-order valence-electron chi connectivity index (χ2n) is 4.49. The van der Waals surface area contributed by atoms with Crippen molar-refractivity contribution in [3.63, 3.8) is 0 Å². The first-order valence-corrected chi connectivity index (χ1v) is 5.96. The Morgan fingerprint density at radius 2 is 1.90 bits per heavy atom. The number of nitrogens with zero attached hydrogens (tertiary/aromatic N) is 1. The van der Waals surface area contributed by atoms with Crippen LogP contribution in [0.25, 0.3) is 0 Å². The third-order valence-electron chi connectivity index (χ3n) is 2.81. The van der Waals surface area contributed by atoms with Crippen LogP contribution in [0.15, 0.2) is 0 Å². The fourth-order valence-electron chi connectivity index (χ4n) is 1.91. The lowest BCUT2D eigenvalue weighted by Gasteiger charge is -2.21. The van der Waals surface area contributed by atoms with E-state index < -0.39 is 36.9 Å². The third-order valence-corrected chi connectivity index (χ3v) is 2.81. The Hall–Kier alpha value is -1.98. The highest BCUT2D eigenvalue weighted by atomic mass is 19.4. The molecule has 9 heteroatoms. The maximum absolute atomic E-state index is 11.8. The zero-order valence-electron chi connectivity index (χ0n) is 10.5. The lowest BCUT2D eigenvalue weighted by atomic mass is 10.00. The van der Waals surface area contributed by atoms with Crippen molar-refractivity contribution >= 4 is 12.0 Å². The van der Waals surface area contributed by atoms with Crippen LogP contribution in [-0.4, -0.2) is 36.9 Å². The normalized spacial score (nSPS) is 17.1. The van der Waals surface area contributed by atoms with Crippen molar-refractivity contribution in [1.29, 1.82) is 5.26 Å². The van der Waals surface area contributed by atoms with E-state index in [0.29, 0.717) is 12.8 Å². The summed E-state index contributed by atoms with van der Waals surface area (Å²) in [6.45, 7) is -2.26. The van der Waals surface area contributed by atoms with Crippen molar-refractivity contribution in [3.8, 4) is 6.07 Å². The summed E-state index contributed by atoms with van der Waals surface area (Å²) < 4.78 is 39.1. The quantitative estimate of drug-likeness (QED) is 0.815. The van der Waals surface area contributed by atoms with Gasteiger partial charge in [-0.05, 0) is 25.7 Å². The highest BCUT2D eigenvalue weighted by Crippen LogP contribution is 2.28. The second kappa shape index (κ2) is 6.45. The minimum atomic E-state index is -4.62. The van der Waals surface area contributed by atoms with Gasteiger partial charge in [0.15, 0.2) is 6.61 Å². The average molecular weight is 293 g/mol. The van der Waals surface area contributed by atoms with Gasteiger partial charge >= 0.3 is 12.3 Å². The van der Waals surface area contributed by atoms with Gasteiger partial charge < -0.3 is 15.4 Å². The van der Waals surface area contributed by atoms with Crippen molar-refractivity contribution < 1.29 is 27.5 Å². The molecule has 1 aliphatic carbocycles. The van der Waals surface area contributed by atoms with Crippen molar-refractivity contribution in [2.75, 3.05) is 13.2 Å². The molecular formula is C11H14F3N3O3. The van der Waals surface area contributed by atoms with Crippen molar-refractivity contribution in [1.82, 2.24) is 10.6 Å². The Balaban J connectivity index is 2.30. The number of nitriles is 1. The molecular weight excluding hydrogens is 279 g/mol. The van der Waals surface area contributed by atoms with E-state index in [2.05, 4.69) is 10.1 Å². The van der Waals surface area contributed by atoms with Gasteiger partial charge in [0, 0.05) is 0 Å². The molecule has 0 aromatic heterocycles. The molecule has 0 heterocycles. The molecule has 6 nitrogen and oxygen atoms in total.